The van der Waals surface area contributed by atoms with Crippen molar-refractivity contribution in [2.45, 2.75) is 128 Å². The molecular formula is C31H58Cl2SiZr. The van der Waals surface area contributed by atoms with Gasteiger partial charge in [-0.15, -0.1) is 0 Å². The Morgan fingerprint density at radius 1 is 0.771 bits per heavy atom. The molecule has 5 saturated carbocycles. The summed E-state index contributed by atoms with van der Waals surface area (Å²) in [6.07, 6.45) is 20.4. The average molecular weight is 621 g/mol. The number of hydrogen-bond acceptors (Lipinski definition) is 0. The standard InChI is InChI=1S/C29H52Si.2CH3.2ClH.Zr/c1-6-10-19(2)25-18-29(27-17-22-12-9-11-21(22)16-26(25)27)30(4,5)28-15-20(3)23-13-7-8-14-24(23)28;;;;;/h19-29H,6-18H2,1-5H3;2*1H3;2*1H;/q;2*-1;;;+4/p-2. The van der Waals surface area contributed by atoms with Gasteiger partial charge in [-0.1, -0.05) is 85.2 Å². The van der Waals surface area contributed by atoms with E-state index in [1.165, 1.54) is 19.3 Å². The third-order valence-electron chi connectivity index (χ3n) is 12.2. The maximum atomic E-state index is 4.93. The summed E-state index contributed by atoms with van der Waals surface area (Å²) in [7, 11) is 8.62. The van der Waals surface area contributed by atoms with E-state index in [2.05, 4.69) is 33.9 Å². The molecule has 0 aromatic rings. The zero-order valence-electron chi connectivity index (χ0n) is 24.3. The molecule has 204 valence electrons. The predicted octanol–water partition coefficient (Wildman–Crippen LogP) is 11.5. The topological polar surface area (TPSA) is 0 Å². The molecule has 0 N–H and O–H groups in total. The Hall–Kier alpha value is 1.68. The van der Waals surface area contributed by atoms with Crippen molar-refractivity contribution < 1.29 is 20.8 Å². The normalized spacial score (nSPS) is 42.7. The summed E-state index contributed by atoms with van der Waals surface area (Å²) in [5.41, 5.74) is 2.32. The van der Waals surface area contributed by atoms with Gasteiger partial charge in [0.25, 0.3) is 0 Å². The van der Waals surface area contributed by atoms with Crippen molar-refractivity contribution in [2.24, 2.45) is 53.3 Å². The Morgan fingerprint density at radius 3 is 1.91 bits per heavy atom. The molecule has 11 unspecified atom stereocenters. The first kappa shape index (κ1) is 32.9. The predicted molar refractivity (Wildman–Crippen MR) is 158 cm³/mol. The molecule has 0 aliphatic heterocycles. The van der Waals surface area contributed by atoms with E-state index in [0.29, 0.717) is 0 Å². The number of rotatable bonds is 5. The fraction of sp³-hybridized carbons (Fsp3) is 0.935. The second-order valence-corrected chi connectivity index (χ2v) is 22.7. The van der Waals surface area contributed by atoms with Gasteiger partial charge in [-0.3, -0.25) is 0 Å². The molecule has 11 atom stereocenters. The molecule has 0 nitrogen and oxygen atoms in total. The zero-order chi connectivity index (χ0) is 23.8. The van der Waals surface area contributed by atoms with Gasteiger partial charge in [0.1, 0.15) is 0 Å². The molecular weight excluding hydrogens is 563 g/mol. The third kappa shape index (κ3) is 6.71. The van der Waals surface area contributed by atoms with Crippen LogP contribution >= 0.6 is 17.0 Å². The van der Waals surface area contributed by atoms with Crippen LogP contribution in [0.25, 0.3) is 0 Å². The van der Waals surface area contributed by atoms with Crippen molar-refractivity contribution in [2.75, 3.05) is 0 Å². The third-order valence-corrected chi connectivity index (χ3v) is 17.4. The molecule has 0 spiro atoms. The van der Waals surface area contributed by atoms with E-state index in [-0.39, 0.29) is 14.9 Å². The minimum atomic E-state index is -1.25. The molecule has 5 rings (SSSR count). The summed E-state index contributed by atoms with van der Waals surface area (Å²) in [5, 5.41) is 0. The summed E-state index contributed by atoms with van der Waals surface area (Å²) in [5.74, 6) is 9.83. The molecule has 0 heterocycles. The van der Waals surface area contributed by atoms with Crippen molar-refractivity contribution >= 4 is 25.1 Å². The van der Waals surface area contributed by atoms with Crippen molar-refractivity contribution in [3.63, 3.8) is 0 Å². The Morgan fingerprint density at radius 2 is 1.31 bits per heavy atom. The Labute approximate surface area is 240 Å². The molecule has 0 amide bonds. The molecule has 4 heteroatoms. The minimum absolute atomic E-state index is 0. The van der Waals surface area contributed by atoms with E-state index < -0.39 is 28.9 Å². The molecule has 5 fully saturated rings. The van der Waals surface area contributed by atoms with Gasteiger partial charge < -0.3 is 14.9 Å². The van der Waals surface area contributed by atoms with E-state index in [1.807, 2.05) is 0 Å². The van der Waals surface area contributed by atoms with Crippen LogP contribution in [0.2, 0.25) is 24.2 Å². The first-order valence-electron chi connectivity index (χ1n) is 14.8. The van der Waals surface area contributed by atoms with Gasteiger partial charge in [-0.05, 0) is 96.4 Å². The molecule has 0 aromatic heterocycles. The number of hydrogen-bond donors (Lipinski definition) is 0. The molecule has 5 aliphatic carbocycles. The Balaban J connectivity index is 0.000000823. The van der Waals surface area contributed by atoms with E-state index in [9.17, 15) is 0 Å². The summed E-state index contributed by atoms with van der Waals surface area (Å²) in [6, 6.07) is 0. The Bertz CT molecular complexity index is 627. The summed E-state index contributed by atoms with van der Waals surface area (Å²) in [6.45, 7) is 13.5. The van der Waals surface area contributed by atoms with Gasteiger partial charge in [-0.2, -0.15) is 0 Å². The first-order valence-corrected chi connectivity index (χ1v) is 24.3. The summed E-state index contributed by atoms with van der Waals surface area (Å²) >= 11 is -0.826. The Kier molecular flexibility index (Phi) is 13.5. The zero-order valence-corrected chi connectivity index (χ0v) is 29.3. The van der Waals surface area contributed by atoms with E-state index >= 15 is 0 Å². The van der Waals surface area contributed by atoms with Crippen LogP contribution in [0.3, 0.4) is 0 Å². The van der Waals surface area contributed by atoms with Gasteiger partial charge in [0.05, 0.1) is 8.07 Å². The molecule has 0 saturated heterocycles. The first-order chi connectivity index (χ1) is 15.8. The van der Waals surface area contributed by atoms with Crippen molar-refractivity contribution in [3.05, 3.63) is 14.9 Å². The quantitative estimate of drug-likeness (QED) is 0.212. The van der Waals surface area contributed by atoms with Crippen LogP contribution in [0, 0.1) is 68.1 Å². The summed E-state index contributed by atoms with van der Waals surface area (Å²) in [4.78, 5) is 0. The van der Waals surface area contributed by atoms with Crippen molar-refractivity contribution in [1.29, 1.82) is 0 Å². The fourth-order valence-electron chi connectivity index (χ4n) is 10.8. The van der Waals surface area contributed by atoms with Crippen LogP contribution in [0.5, 0.6) is 0 Å². The monoisotopic (exact) mass is 618 g/mol. The van der Waals surface area contributed by atoms with Gasteiger partial charge in [0.15, 0.2) is 0 Å². The van der Waals surface area contributed by atoms with Crippen LogP contribution in [-0.2, 0) is 20.8 Å². The van der Waals surface area contributed by atoms with Crippen molar-refractivity contribution in [3.8, 4) is 0 Å². The fourth-order valence-corrected chi connectivity index (χ4v) is 16.2. The van der Waals surface area contributed by atoms with Gasteiger partial charge in [-0.25, -0.2) is 0 Å². The second kappa shape index (κ2) is 14.4. The SMILES string of the molecule is CCCC(C)C1CC([Si](C)(C)C2CC(C)C3CCCCC32)C2CC3CCCC3CC12.[CH3-].[CH3-].[Cl][Zr+2][Cl]. The second-order valence-electron chi connectivity index (χ2n) is 13.8. The van der Waals surface area contributed by atoms with E-state index in [4.69, 9.17) is 17.0 Å². The summed E-state index contributed by atoms with van der Waals surface area (Å²) < 4.78 is 0. The van der Waals surface area contributed by atoms with Crippen LogP contribution in [0.4, 0.5) is 0 Å². The van der Waals surface area contributed by atoms with Crippen LogP contribution in [0.15, 0.2) is 0 Å². The van der Waals surface area contributed by atoms with Crippen LogP contribution in [-0.4, -0.2) is 8.07 Å². The number of fused-ring (bicyclic) bond motifs is 3. The molecule has 0 aromatic carbocycles. The maximum absolute atomic E-state index is 4.93. The van der Waals surface area contributed by atoms with Crippen LogP contribution < -0.4 is 0 Å². The molecule has 35 heavy (non-hydrogen) atoms. The van der Waals surface area contributed by atoms with Gasteiger partial charge in [0.2, 0.25) is 0 Å². The van der Waals surface area contributed by atoms with Crippen molar-refractivity contribution in [1.82, 2.24) is 0 Å². The van der Waals surface area contributed by atoms with E-state index in [0.717, 1.165) is 64.3 Å². The average Bonchev–Trinajstić information content (AvgIpc) is 3.49. The van der Waals surface area contributed by atoms with Crippen LogP contribution in [0.1, 0.15) is 104 Å². The molecule has 5 aliphatic rings. The molecule has 0 radical (unpaired) electrons. The molecule has 0 bridgehead atoms. The van der Waals surface area contributed by atoms with Gasteiger partial charge in [0, 0.05) is 0 Å². The van der Waals surface area contributed by atoms with E-state index in [1.54, 1.807) is 64.2 Å². The number of halogens is 2. The van der Waals surface area contributed by atoms with Gasteiger partial charge >= 0.3 is 37.9 Å².